The van der Waals surface area contributed by atoms with Crippen LogP contribution in [0.5, 0.6) is 0 Å². The minimum Gasteiger partial charge on any atom is -0.388 e. The van der Waals surface area contributed by atoms with Crippen LogP contribution < -0.4 is 10.6 Å². The highest BCUT2D eigenvalue weighted by atomic mass is 16.5. The average molecular weight is 232 g/mol. The number of urea groups is 1. The predicted octanol–water partition coefficient (Wildman–Crippen LogP) is 0.873. The lowest BCUT2D eigenvalue weighted by atomic mass is 9.98. The van der Waals surface area contributed by atoms with Crippen molar-refractivity contribution in [3.05, 3.63) is 0 Å². The molecule has 5 nitrogen and oxygen atoms in total. The van der Waals surface area contributed by atoms with E-state index in [1.54, 1.807) is 0 Å². The summed E-state index contributed by atoms with van der Waals surface area (Å²) in [5.41, 5.74) is -0.794. The number of carbonyl (C=O) groups excluding carboxylic acids is 1. The summed E-state index contributed by atoms with van der Waals surface area (Å²) < 4.78 is 5.08. The molecule has 0 aliphatic heterocycles. The number of rotatable bonds is 8. The summed E-state index contributed by atoms with van der Waals surface area (Å²) in [6, 6.07) is -0.264. The van der Waals surface area contributed by atoms with E-state index < -0.39 is 5.60 Å². The van der Waals surface area contributed by atoms with Gasteiger partial charge in [-0.2, -0.15) is 0 Å². The van der Waals surface area contributed by atoms with Crippen LogP contribution in [0.2, 0.25) is 0 Å². The molecule has 0 saturated heterocycles. The molecule has 0 aromatic rings. The van der Waals surface area contributed by atoms with Crippen molar-refractivity contribution in [2.24, 2.45) is 0 Å². The Kier molecular flexibility index (Phi) is 7.93. The highest BCUT2D eigenvalue weighted by Gasteiger charge is 2.22. The molecular formula is C11H24N2O3. The van der Waals surface area contributed by atoms with E-state index in [1.165, 1.54) is 0 Å². The van der Waals surface area contributed by atoms with E-state index in [-0.39, 0.29) is 12.6 Å². The van der Waals surface area contributed by atoms with Gasteiger partial charge in [-0.05, 0) is 19.8 Å². The zero-order valence-corrected chi connectivity index (χ0v) is 10.5. The summed E-state index contributed by atoms with van der Waals surface area (Å²) >= 11 is 0. The van der Waals surface area contributed by atoms with Crippen molar-refractivity contribution in [2.45, 2.75) is 39.2 Å². The van der Waals surface area contributed by atoms with Gasteiger partial charge in [0.25, 0.3) is 0 Å². The van der Waals surface area contributed by atoms with E-state index in [1.807, 2.05) is 20.8 Å². The topological polar surface area (TPSA) is 70.6 Å². The fourth-order valence-electron chi connectivity index (χ4n) is 1.19. The molecule has 0 radical (unpaired) electrons. The Bertz CT molecular complexity index is 194. The van der Waals surface area contributed by atoms with Crippen LogP contribution in [0.25, 0.3) is 0 Å². The lowest BCUT2D eigenvalue weighted by molar-refractivity contribution is 0.0349. The Hall–Kier alpha value is -0.810. The normalized spacial score (nSPS) is 11.2. The smallest absolute Gasteiger partial charge is 0.314 e. The van der Waals surface area contributed by atoms with E-state index in [9.17, 15) is 9.90 Å². The summed E-state index contributed by atoms with van der Waals surface area (Å²) in [6.45, 7) is 7.63. The second-order valence-electron chi connectivity index (χ2n) is 3.74. The van der Waals surface area contributed by atoms with Gasteiger partial charge in [0.15, 0.2) is 0 Å². The minimum absolute atomic E-state index is 0.264. The van der Waals surface area contributed by atoms with E-state index in [2.05, 4.69) is 10.6 Å². The predicted molar refractivity (Wildman–Crippen MR) is 63.4 cm³/mol. The molecule has 0 spiro atoms. The minimum atomic E-state index is -0.794. The number of hydrogen-bond acceptors (Lipinski definition) is 3. The van der Waals surface area contributed by atoms with Crippen molar-refractivity contribution >= 4 is 6.03 Å². The van der Waals surface area contributed by atoms with Gasteiger partial charge < -0.3 is 20.5 Å². The first-order valence-electron chi connectivity index (χ1n) is 5.89. The van der Waals surface area contributed by atoms with Gasteiger partial charge in [-0.25, -0.2) is 4.79 Å². The van der Waals surface area contributed by atoms with Crippen LogP contribution in [0, 0.1) is 0 Å². The van der Waals surface area contributed by atoms with Gasteiger partial charge in [0.2, 0.25) is 0 Å². The van der Waals surface area contributed by atoms with Crippen LogP contribution in [-0.2, 0) is 4.74 Å². The van der Waals surface area contributed by atoms with Crippen molar-refractivity contribution in [3.8, 4) is 0 Å². The molecular weight excluding hydrogens is 208 g/mol. The molecule has 0 aromatic heterocycles. The number of carbonyl (C=O) groups is 1. The first kappa shape index (κ1) is 15.2. The molecule has 0 rings (SSSR count). The van der Waals surface area contributed by atoms with Gasteiger partial charge in [0.05, 0.1) is 12.2 Å². The van der Waals surface area contributed by atoms with Crippen LogP contribution in [0.4, 0.5) is 4.79 Å². The maximum Gasteiger partial charge on any atom is 0.314 e. The molecule has 0 heterocycles. The van der Waals surface area contributed by atoms with Crippen LogP contribution in [0.15, 0.2) is 0 Å². The third kappa shape index (κ3) is 6.63. The third-order valence-electron chi connectivity index (χ3n) is 2.63. The lowest BCUT2D eigenvalue weighted by Crippen LogP contribution is -2.46. The number of nitrogens with one attached hydrogen (secondary N) is 2. The SMILES string of the molecule is CCOCCNC(=O)NCC(O)(CC)CC. The molecule has 5 heteroatoms. The summed E-state index contributed by atoms with van der Waals surface area (Å²) in [7, 11) is 0. The fourth-order valence-corrected chi connectivity index (χ4v) is 1.19. The largest absolute Gasteiger partial charge is 0.388 e. The molecule has 0 aliphatic carbocycles. The Labute approximate surface area is 97.6 Å². The quantitative estimate of drug-likeness (QED) is 0.544. The molecule has 0 unspecified atom stereocenters. The molecule has 0 fully saturated rings. The van der Waals surface area contributed by atoms with E-state index in [4.69, 9.17) is 4.74 Å². The number of amides is 2. The van der Waals surface area contributed by atoms with Gasteiger partial charge in [-0.15, -0.1) is 0 Å². The maximum atomic E-state index is 11.3. The second-order valence-corrected chi connectivity index (χ2v) is 3.74. The van der Waals surface area contributed by atoms with E-state index >= 15 is 0 Å². The van der Waals surface area contributed by atoms with Crippen LogP contribution >= 0.6 is 0 Å². The molecule has 0 atom stereocenters. The molecule has 2 amide bonds. The standard InChI is InChI=1S/C11H24N2O3/c1-4-11(15,5-2)9-13-10(14)12-7-8-16-6-3/h15H,4-9H2,1-3H3,(H2,12,13,14). The lowest BCUT2D eigenvalue weighted by Gasteiger charge is -2.25. The first-order valence-corrected chi connectivity index (χ1v) is 5.89. The molecule has 96 valence electrons. The second kappa shape index (κ2) is 8.35. The maximum absolute atomic E-state index is 11.3. The van der Waals surface area contributed by atoms with Crippen LogP contribution in [0.1, 0.15) is 33.6 Å². The average Bonchev–Trinajstić information content (AvgIpc) is 2.31. The monoisotopic (exact) mass is 232 g/mol. The fraction of sp³-hybridized carbons (Fsp3) is 0.909. The highest BCUT2D eigenvalue weighted by molar-refractivity contribution is 5.73. The van der Waals surface area contributed by atoms with Crippen LogP contribution in [-0.4, -0.2) is 43.0 Å². The van der Waals surface area contributed by atoms with Crippen molar-refractivity contribution < 1.29 is 14.6 Å². The van der Waals surface area contributed by atoms with Crippen molar-refractivity contribution in [3.63, 3.8) is 0 Å². The zero-order valence-electron chi connectivity index (χ0n) is 10.5. The summed E-state index contributed by atoms with van der Waals surface area (Å²) in [4.78, 5) is 11.3. The third-order valence-corrected chi connectivity index (χ3v) is 2.63. The number of hydrogen-bond donors (Lipinski definition) is 3. The molecule has 0 bridgehead atoms. The molecule has 0 saturated carbocycles. The molecule has 0 aromatic carbocycles. The van der Waals surface area contributed by atoms with E-state index in [0.29, 0.717) is 32.6 Å². The van der Waals surface area contributed by atoms with E-state index in [0.717, 1.165) is 0 Å². The molecule has 3 N–H and O–H groups in total. The van der Waals surface area contributed by atoms with Gasteiger partial charge in [-0.1, -0.05) is 13.8 Å². The zero-order chi connectivity index (χ0) is 12.4. The Balaban J connectivity index is 3.64. The van der Waals surface area contributed by atoms with Gasteiger partial charge >= 0.3 is 6.03 Å². The molecule has 0 aliphatic rings. The number of ether oxygens (including phenoxy) is 1. The Morgan fingerprint density at radius 2 is 1.88 bits per heavy atom. The van der Waals surface area contributed by atoms with Crippen molar-refractivity contribution in [2.75, 3.05) is 26.3 Å². The Morgan fingerprint density at radius 1 is 1.25 bits per heavy atom. The number of aliphatic hydroxyl groups is 1. The van der Waals surface area contributed by atoms with Gasteiger partial charge in [-0.3, -0.25) is 0 Å². The highest BCUT2D eigenvalue weighted by Crippen LogP contribution is 2.12. The summed E-state index contributed by atoms with van der Waals surface area (Å²) in [5, 5.41) is 15.2. The Morgan fingerprint density at radius 3 is 2.38 bits per heavy atom. The summed E-state index contributed by atoms with van der Waals surface area (Å²) in [6.07, 6.45) is 1.26. The summed E-state index contributed by atoms with van der Waals surface area (Å²) in [5.74, 6) is 0. The van der Waals surface area contributed by atoms with Crippen LogP contribution in [0.3, 0.4) is 0 Å². The van der Waals surface area contributed by atoms with Gasteiger partial charge in [0, 0.05) is 19.7 Å². The van der Waals surface area contributed by atoms with Crippen molar-refractivity contribution in [1.82, 2.24) is 10.6 Å². The van der Waals surface area contributed by atoms with Gasteiger partial charge in [0.1, 0.15) is 0 Å². The van der Waals surface area contributed by atoms with Crippen molar-refractivity contribution in [1.29, 1.82) is 0 Å². The molecule has 16 heavy (non-hydrogen) atoms. The first-order chi connectivity index (χ1) is 7.58.